The van der Waals surface area contributed by atoms with Gasteiger partial charge in [0.05, 0.1) is 7.11 Å². The van der Waals surface area contributed by atoms with E-state index in [1.807, 2.05) is 45.0 Å². The lowest BCUT2D eigenvalue weighted by molar-refractivity contribution is -0.140. The summed E-state index contributed by atoms with van der Waals surface area (Å²) in [5.41, 5.74) is 0.946. The maximum Gasteiger partial charge on any atom is 0.242 e. The average Bonchev–Trinajstić information content (AvgIpc) is 2.59. The smallest absolute Gasteiger partial charge is 0.242 e. The quantitative estimate of drug-likeness (QED) is 0.755. The van der Waals surface area contributed by atoms with E-state index in [4.69, 9.17) is 4.74 Å². The van der Waals surface area contributed by atoms with Crippen molar-refractivity contribution in [1.82, 2.24) is 10.2 Å². The highest BCUT2D eigenvalue weighted by molar-refractivity contribution is 5.87. The zero-order valence-electron chi connectivity index (χ0n) is 15.5. The fourth-order valence-corrected chi connectivity index (χ4v) is 2.37. The molecule has 0 bridgehead atoms. The van der Waals surface area contributed by atoms with Gasteiger partial charge in [-0.1, -0.05) is 26.0 Å². The van der Waals surface area contributed by atoms with E-state index in [2.05, 4.69) is 5.32 Å². The van der Waals surface area contributed by atoms with Crippen molar-refractivity contribution in [3.8, 4) is 5.75 Å². The van der Waals surface area contributed by atoms with E-state index >= 15 is 0 Å². The molecule has 24 heavy (non-hydrogen) atoms. The maximum atomic E-state index is 12.5. The Balaban J connectivity index is 2.94. The van der Waals surface area contributed by atoms with Crippen molar-refractivity contribution in [3.05, 3.63) is 29.8 Å². The van der Waals surface area contributed by atoms with E-state index in [-0.39, 0.29) is 17.9 Å². The molecule has 1 rings (SSSR count). The summed E-state index contributed by atoms with van der Waals surface area (Å²) in [4.78, 5) is 26.6. The molecule has 0 radical (unpaired) electrons. The Kier molecular flexibility index (Phi) is 8.30. The van der Waals surface area contributed by atoms with E-state index < -0.39 is 6.04 Å². The average molecular weight is 334 g/mol. The molecular weight excluding hydrogens is 304 g/mol. The van der Waals surface area contributed by atoms with Crippen LogP contribution < -0.4 is 10.1 Å². The minimum Gasteiger partial charge on any atom is -0.497 e. The van der Waals surface area contributed by atoms with Crippen molar-refractivity contribution >= 4 is 11.8 Å². The lowest BCUT2D eigenvalue weighted by Gasteiger charge is -2.29. The predicted octanol–water partition coefficient (Wildman–Crippen LogP) is 3.13. The van der Waals surface area contributed by atoms with Gasteiger partial charge in [-0.15, -0.1) is 0 Å². The van der Waals surface area contributed by atoms with Crippen molar-refractivity contribution in [3.63, 3.8) is 0 Å². The molecule has 5 nitrogen and oxygen atoms in total. The summed E-state index contributed by atoms with van der Waals surface area (Å²) >= 11 is 0. The Bertz CT molecular complexity index is 545. The first-order valence-corrected chi connectivity index (χ1v) is 8.65. The van der Waals surface area contributed by atoms with Crippen molar-refractivity contribution in [2.75, 3.05) is 7.11 Å². The molecule has 0 aromatic heterocycles. The van der Waals surface area contributed by atoms with Crippen LogP contribution in [0.5, 0.6) is 5.75 Å². The molecule has 1 aromatic rings. The van der Waals surface area contributed by atoms with E-state index in [0.717, 1.165) is 24.2 Å². The zero-order valence-corrected chi connectivity index (χ0v) is 15.5. The summed E-state index contributed by atoms with van der Waals surface area (Å²) in [5.74, 6) is 0.621. The Morgan fingerprint density at radius 3 is 2.54 bits per heavy atom. The summed E-state index contributed by atoms with van der Waals surface area (Å²) in [6.45, 7) is 8.12. The summed E-state index contributed by atoms with van der Waals surface area (Å²) < 4.78 is 5.24. The summed E-state index contributed by atoms with van der Waals surface area (Å²) in [6, 6.07) is 7.17. The molecule has 0 unspecified atom stereocenters. The molecular formula is C19H30N2O3. The third kappa shape index (κ3) is 5.87. The highest BCUT2D eigenvalue weighted by Gasteiger charge is 2.26. The van der Waals surface area contributed by atoms with Crippen molar-refractivity contribution in [1.29, 1.82) is 0 Å². The molecule has 0 spiro atoms. The molecule has 0 fully saturated rings. The van der Waals surface area contributed by atoms with Gasteiger partial charge in [0.1, 0.15) is 11.8 Å². The monoisotopic (exact) mass is 334 g/mol. The number of rotatable bonds is 9. The van der Waals surface area contributed by atoms with Crippen molar-refractivity contribution in [2.24, 2.45) is 0 Å². The van der Waals surface area contributed by atoms with Gasteiger partial charge in [-0.2, -0.15) is 0 Å². The zero-order chi connectivity index (χ0) is 18.1. The molecule has 0 saturated carbocycles. The first-order valence-electron chi connectivity index (χ1n) is 8.65. The normalized spacial score (nSPS) is 13.0. The number of hydrogen-bond acceptors (Lipinski definition) is 3. The third-order valence-corrected chi connectivity index (χ3v) is 4.12. The van der Waals surface area contributed by atoms with Crippen molar-refractivity contribution in [2.45, 2.75) is 65.6 Å². The van der Waals surface area contributed by atoms with Crippen LogP contribution in [0.3, 0.4) is 0 Å². The number of methoxy groups -OCH3 is 1. The largest absolute Gasteiger partial charge is 0.497 e. The fraction of sp³-hybridized carbons (Fsp3) is 0.579. The molecule has 5 heteroatoms. The van der Waals surface area contributed by atoms with Crippen LogP contribution in [0.1, 0.15) is 52.5 Å². The number of nitrogens with one attached hydrogen (secondary N) is 1. The van der Waals surface area contributed by atoms with Crippen LogP contribution in [0.2, 0.25) is 0 Å². The predicted molar refractivity (Wildman–Crippen MR) is 95.8 cm³/mol. The maximum absolute atomic E-state index is 12.5. The number of hydrogen-bond donors (Lipinski definition) is 1. The number of amides is 2. The van der Waals surface area contributed by atoms with Gasteiger partial charge in [0.25, 0.3) is 0 Å². The second-order valence-electron chi connectivity index (χ2n) is 6.12. The molecule has 134 valence electrons. The fourth-order valence-electron chi connectivity index (χ4n) is 2.37. The second-order valence-corrected chi connectivity index (χ2v) is 6.12. The molecule has 1 aromatic carbocycles. The minimum atomic E-state index is -0.510. The molecule has 0 aliphatic heterocycles. The number of nitrogens with zero attached hydrogens (tertiary/aromatic N) is 1. The molecule has 2 amide bonds. The number of carbonyl (C=O) groups is 2. The van der Waals surface area contributed by atoms with Gasteiger partial charge >= 0.3 is 0 Å². The molecule has 0 saturated heterocycles. The van der Waals surface area contributed by atoms with E-state index in [1.54, 1.807) is 18.9 Å². The van der Waals surface area contributed by atoms with Gasteiger partial charge in [-0.3, -0.25) is 9.59 Å². The lowest BCUT2D eigenvalue weighted by Crippen LogP contribution is -2.49. The number of carbonyl (C=O) groups excluding carboxylic acids is 2. The van der Waals surface area contributed by atoms with E-state index in [1.165, 1.54) is 0 Å². The van der Waals surface area contributed by atoms with Crippen LogP contribution >= 0.6 is 0 Å². The van der Waals surface area contributed by atoms with Gasteiger partial charge in [-0.25, -0.2) is 0 Å². The SMILES string of the molecule is CCCC(=O)N(Cc1cccc(OC)c1)[C@@H](C)C(=O)N[C@H](C)CC. The molecule has 0 aliphatic rings. The standard InChI is InChI=1S/C19H30N2O3/c1-6-9-18(22)21(15(4)19(23)20-14(3)7-2)13-16-10-8-11-17(12-16)24-5/h8,10-12,14-15H,6-7,9,13H2,1-5H3,(H,20,23)/t14-,15+/m1/s1. The van der Waals surface area contributed by atoms with Crippen LogP contribution in [0.4, 0.5) is 0 Å². The second kappa shape index (κ2) is 9.96. The van der Waals surface area contributed by atoms with Gasteiger partial charge in [0, 0.05) is 19.0 Å². The minimum absolute atomic E-state index is 0.00729. The van der Waals surface area contributed by atoms with Crippen LogP contribution in [-0.2, 0) is 16.1 Å². The Hall–Kier alpha value is -2.04. The molecule has 2 atom stereocenters. The summed E-state index contributed by atoms with van der Waals surface area (Å²) in [5, 5.41) is 2.96. The first kappa shape index (κ1) is 20.0. The number of ether oxygens (including phenoxy) is 1. The highest BCUT2D eigenvalue weighted by Crippen LogP contribution is 2.17. The van der Waals surface area contributed by atoms with Gasteiger partial charge in [-0.05, 0) is 44.4 Å². The molecule has 0 aliphatic carbocycles. The van der Waals surface area contributed by atoms with Gasteiger partial charge in [0.2, 0.25) is 11.8 Å². The third-order valence-electron chi connectivity index (χ3n) is 4.12. The van der Waals surface area contributed by atoms with Crippen LogP contribution in [0, 0.1) is 0 Å². The highest BCUT2D eigenvalue weighted by atomic mass is 16.5. The number of benzene rings is 1. The lowest BCUT2D eigenvalue weighted by atomic mass is 10.1. The Morgan fingerprint density at radius 2 is 1.96 bits per heavy atom. The van der Waals surface area contributed by atoms with Gasteiger partial charge in [0.15, 0.2) is 0 Å². The topological polar surface area (TPSA) is 58.6 Å². The summed E-state index contributed by atoms with van der Waals surface area (Å²) in [7, 11) is 1.61. The van der Waals surface area contributed by atoms with Gasteiger partial charge < -0.3 is 15.0 Å². The van der Waals surface area contributed by atoms with Crippen molar-refractivity contribution < 1.29 is 14.3 Å². The van der Waals surface area contributed by atoms with Crippen LogP contribution in [0.15, 0.2) is 24.3 Å². The molecule has 0 heterocycles. The first-order chi connectivity index (χ1) is 11.4. The summed E-state index contributed by atoms with van der Waals surface area (Å²) in [6.07, 6.45) is 2.05. The van der Waals surface area contributed by atoms with E-state index in [9.17, 15) is 9.59 Å². The Morgan fingerprint density at radius 1 is 1.25 bits per heavy atom. The van der Waals surface area contributed by atoms with Crippen LogP contribution in [0.25, 0.3) is 0 Å². The Labute approximate surface area is 145 Å². The van der Waals surface area contributed by atoms with Crippen LogP contribution in [-0.4, -0.2) is 35.9 Å². The van der Waals surface area contributed by atoms with E-state index in [0.29, 0.717) is 13.0 Å². The molecule has 1 N–H and O–H groups in total.